The largest absolute Gasteiger partial charge is 0.472 e. The first-order chi connectivity index (χ1) is 15.7. The second-order valence-electron chi connectivity index (χ2n) is 7.64. The molecule has 5 atom stereocenters. The van der Waals surface area contributed by atoms with E-state index >= 15 is 0 Å². The zero-order valence-corrected chi connectivity index (χ0v) is 18.8. The molecule has 2 aromatic rings. The molecule has 0 aliphatic carbocycles. The molecular formula is C18H24N5O9P. The fourth-order valence-electron chi connectivity index (χ4n) is 3.68. The van der Waals surface area contributed by atoms with Crippen molar-refractivity contribution in [1.82, 2.24) is 19.5 Å². The number of nitrogens with zero attached hydrogens (tertiary/aromatic N) is 3. The minimum atomic E-state index is -4.36. The Morgan fingerprint density at radius 3 is 2.85 bits per heavy atom. The molecular weight excluding hydrogens is 461 g/mol. The highest BCUT2D eigenvalue weighted by atomic mass is 31.2. The molecule has 2 aromatic heterocycles. The lowest BCUT2D eigenvalue weighted by Gasteiger charge is -2.29. The summed E-state index contributed by atoms with van der Waals surface area (Å²) in [6.45, 7) is 3.37. The van der Waals surface area contributed by atoms with E-state index in [1.807, 2.05) is 6.92 Å². The Morgan fingerprint density at radius 1 is 1.36 bits per heavy atom. The second kappa shape index (κ2) is 9.31. The Morgan fingerprint density at radius 2 is 2.12 bits per heavy atom. The molecule has 0 radical (unpaired) electrons. The molecule has 2 fully saturated rings. The number of aromatic nitrogens is 4. The number of rotatable bonds is 7. The SMILES string of the molecule is CCCC(=O)Nc1nc2c(ncn2[C@@H]2O[C@@H]3COP(=O)(O)O[C@H]3[C@H]2OC(=O)CCC)c(=O)[nH]1. The number of hydrogen-bond acceptors (Lipinski definition) is 10. The van der Waals surface area contributed by atoms with Crippen molar-refractivity contribution < 1.29 is 37.6 Å². The number of carbonyl (C=O) groups is 2. The second-order valence-corrected chi connectivity index (χ2v) is 9.05. The van der Waals surface area contributed by atoms with Gasteiger partial charge in [0.15, 0.2) is 23.5 Å². The fraction of sp³-hybridized carbons (Fsp3) is 0.611. The lowest BCUT2D eigenvalue weighted by molar-refractivity contribution is -0.158. The summed E-state index contributed by atoms with van der Waals surface area (Å²) in [6, 6.07) is 0. The molecule has 0 bridgehead atoms. The van der Waals surface area contributed by atoms with Crippen LogP contribution in [0.15, 0.2) is 11.1 Å². The molecule has 4 rings (SSSR count). The first kappa shape index (κ1) is 23.5. The number of carbonyl (C=O) groups excluding carboxylic acids is 2. The van der Waals surface area contributed by atoms with Gasteiger partial charge in [0.2, 0.25) is 11.9 Å². The Bertz CT molecular complexity index is 1160. The first-order valence-electron chi connectivity index (χ1n) is 10.5. The van der Waals surface area contributed by atoms with Crippen molar-refractivity contribution in [3.8, 4) is 0 Å². The molecule has 33 heavy (non-hydrogen) atoms. The standard InChI is InChI=1S/C18H24N5O9P/c1-3-5-10(24)20-18-21-15-12(16(26)22-18)19-8-23(15)17-14(31-11(25)6-4-2)13-9(30-17)7-29-33(27,28)32-13/h8-9,13-14,17H,3-7H2,1-2H3,(H,27,28)(H2,20,21,22,24,26)/t9-,13-,14-,17-/m1/s1. The highest BCUT2D eigenvalue weighted by molar-refractivity contribution is 7.47. The van der Waals surface area contributed by atoms with Crippen LogP contribution >= 0.6 is 7.82 Å². The zero-order chi connectivity index (χ0) is 23.8. The normalized spacial score (nSPS) is 29.1. The van der Waals surface area contributed by atoms with E-state index in [2.05, 4.69) is 20.3 Å². The number of phosphoric acid groups is 1. The summed E-state index contributed by atoms with van der Waals surface area (Å²) in [5, 5.41) is 2.52. The molecule has 14 nitrogen and oxygen atoms in total. The summed E-state index contributed by atoms with van der Waals surface area (Å²) in [5.74, 6) is -0.964. The van der Waals surface area contributed by atoms with E-state index in [0.717, 1.165) is 0 Å². The molecule has 2 saturated heterocycles. The third-order valence-electron chi connectivity index (χ3n) is 5.11. The number of ether oxygens (including phenoxy) is 2. The minimum Gasteiger partial charge on any atom is -0.455 e. The van der Waals surface area contributed by atoms with Gasteiger partial charge in [-0.15, -0.1) is 0 Å². The number of nitrogens with one attached hydrogen (secondary N) is 2. The van der Waals surface area contributed by atoms with E-state index in [4.69, 9.17) is 18.5 Å². The Balaban J connectivity index is 1.72. The van der Waals surface area contributed by atoms with Crippen molar-refractivity contribution in [3.63, 3.8) is 0 Å². The van der Waals surface area contributed by atoms with Crippen molar-refractivity contribution in [2.75, 3.05) is 11.9 Å². The summed E-state index contributed by atoms with van der Waals surface area (Å²) >= 11 is 0. The average molecular weight is 485 g/mol. The zero-order valence-electron chi connectivity index (χ0n) is 17.9. The minimum absolute atomic E-state index is 0.0365. The van der Waals surface area contributed by atoms with Gasteiger partial charge < -0.3 is 14.4 Å². The van der Waals surface area contributed by atoms with Gasteiger partial charge in [-0.05, 0) is 12.8 Å². The Labute approximate surface area is 187 Å². The lowest BCUT2D eigenvalue weighted by atomic mass is 10.1. The fourth-order valence-corrected chi connectivity index (χ4v) is 4.64. The van der Waals surface area contributed by atoms with Crippen LogP contribution in [0.1, 0.15) is 45.8 Å². The number of aromatic amines is 1. The maximum atomic E-state index is 12.5. The van der Waals surface area contributed by atoms with E-state index < -0.39 is 43.9 Å². The average Bonchev–Trinajstić information content (AvgIpc) is 3.29. The highest BCUT2D eigenvalue weighted by Crippen LogP contribution is 2.53. The quantitative estimate of drug-likeness (QED) is 0.375. The molecule has 0 spiro atoms. The number of imidazole rings is 1. The molecule has 3 N–H and O–H groups in total. The van der Waals surface area contributed by atoms with Gasteiger partial charge in [-0.3, -0.25) is 38.3 Å². The molecule has 1 unspecified atom stereocenters. The Hall–Kier alpha value is -2.64. The number of esters is 1. The van der Waals surface area contributed by atoms with Crippen LogP contribution in [0, 0.1) is 0 Å². The third kappa shape index (κ3) is 4.84. The molecule has 1 amide bonds. The van der Waals surface area contributed by atoms with Crippen molar-refractivity contribution in [2.24, 2.45) is 0 Å². The van der Waals surface area contributed by atoms with Gasteiger partial charge in [-0.1, -0.05) is 13.8 Å². The predicted molar refractivity (Wildman–Crippen MR) is 111 cm³/mol. The van der Waals surface area contributed by atoms with Crippen LogP contribution in [-0.2, 0) is 32.7 Å². The first-order valence-corrected chi connectivity index (χ1v) is 12.0. The molecule has 180 valence electrons. The van der Waals surface area contributed by atoms with Crippen LogP contribution in [0.2, 0.25) is 0 Å². The van der Waals surface area contributed by atoms with E-state index in [9.17, 15) is 23.8 Å². The van der Waals surface area contributed by atoms with Crippen LogP contribution in [0.5, 0.6) is 0 Å². The van der Waals surface area contributed by atoms with Gasteiger partial charge >= 0.3 is 13.8 Å². The van der Waals surface area contributed by atoms with E-state index in [1.165, 1.54) is 10.9 Å². The number of hydrogen-bond donors (Lipinski definition) is 3. The summed E-state index contributed by atoms with van der Waals surface area (Å²) in [5.41, 5.74) is -0.579. The van der Waals surface area contributed by atoms with Crippen LogP contribution in [0.4, 0.5) is 5.95 Å². The number of fused-ring (bicyclic) bond motifs is 2. The van der Waals surface area contributed by atoms with E-state index in [1.54, 1.807) is 6.92 Å². The van der Waals surface area contributed by atoms with Crippen molar-refractivity contribution in [1.29, 1.82) is 0 Å². The van der Waals surface area contributed by atoms with Gasteiger partial charge in [0, 0.05) is 12.8 Å². The van der Waals surface area contributed by atoms with Crippen LogP contribution in [0.25, 0.3) is 11.2 Å². The predicted octanol–water partition coefficient (Wildman–Crippen LogP) is 0.983. The molecule has 2 aliphatic rings. The van der Waals surface area contributed by atoms with Gasteiger partial charge in [-0.2, -0.15) is 4.98 Å². The summed E-state index contributed by atoms with van der Waals surface area (Å²) in [4.78, 5) is 57.2. The molecule has 0 saturated carbocycles. The van der Waals surface area contributed by atoms with E-state index in [-0.39, 0.29) is 42.5 Å². The third-order valence-corrected chi connectivity index (χ3v) is 6.09. The smallest absolute Gasteiger partial charge is 0.455 e. The monoisotopic (exact) mass is 485 g/mol. The molecule has 2 aliphatic heterocycles. The topological polar surface area (TPSA) is 184 Å². The lowest BCUT2D eigenvalue weighted by Crippen LogP contribution is -2.41. The van der Waals surface area contributed by atoms with Crippen LogP contribution < -0.4 is 10.9 Å². The summed E-state index contributed by atoms with van der Waals surface area (Å²) in [7, 11) is -4.36. The molecule has 0 aromatic carbocycles. The number of amides is 1. The van der Waals surface area contributed by atoms with E-state index in [0.29, 0.717) is 12.8 Å². The maximum Gasteiger partial charge on any atom is 0.472 e. The summed E-state index contributed by atoms with van der Waals surface area (Å²) < 4.78 is 34.8. The number of phosphoric ester groups is 1. The van der Waals surface area contributed by atoms with Gasteiger partial charge in [0.05, 0.1) is 12.9 Å². The number of H-pyrrole nitrogens is 1. The number of anilines is 1. The van der Waals surface area contributed by atoms with Crippen molar-refractivity contribution in [2.45, 2.75) is 64.1 Å². The maximum absolute atomic E-state index is 12.5. The van der Waals surface area contributed by atoms with Crippen LogP contribution in [-0.4, -0.2) is 61.2 Å². The molecule has 4 heterocycles. The van der Waals surface area contributed by atoms with Gasteiger partial charge in [0.1, 0.15) is 12.2 Å². The van der Waals surface area contributed by atoms with Gasteiger partial charge in [0.25, 0.3) is 5.56 Å². The van der Waals surface area contributed by atoms with Crippen molar-refractivity contribution in [3.05, 3.63) is 16.7 Å². The van der Waals surface area contributed by atoms with Crippen LogP contribution in [0.3, 0.4) is 0 Å². The van der Waals surface area contributed by atoms with Crippen molar-refractivity contribution >= 4 is 36.8 Å². The molecule has 15 heteroatoms. The highest BCUT2D eigenvalue weighted by Gasteiger charge is 2.55. The summed E-state index contributed by atoms with van der Waals surface area (Å²) in [6.07, 6.45) is -1.39. The van der Waals surface area contributed by atoms with Gasteiger partial charge in [-0.25, -0.2) is 9.55 Å². The Kier molecular flexibility index (Phi) is 6.64.